The second-order valence-corrected chi connectivity index (χ2v) is 21.6. The van der Waals surface area contributed by atoms with Gasteiger partial charge in [-0.1, -0.05) is 33.8 Å². The van der Waals surface area contributed by atoms with E-state index in [0.717, 1.165) is 57.5 Å². The van der Waals surface area contributed by atoms with Gasteiger partial charge in [-0.25, -0.2) is 10.4 Å². The highest BCUT2D eigenvalue weighted by molar-refractivity contribution is 7.10. The van der Waals surface area contributed by atoms with Crippen LogP contribution in [-0.2, 0) is 52.8 Å². The lowest BCUT2D eigenvalue weighted by Crippen LogP contribution is -2.62. The van der Waals surface area contributed by atoms with Gasteiger partial charge in [0.2, 0.25) is 17.7 Å². The normalized spacial score (nSPS) is 24.9. The Bertz CT molecular complexity index is 2590. The molecule has 4 amide bonds. The zero-order valence-corrected chi connectivity index (χ0v) is 41.5. The molecule has 1 unspecified atom stereocenters. The van der Waals surface area contributed by atoms with Gasteiger partial charge >= 0.3 is 5.97 Å². The van der Waals surface area contributed by atoms with Crippen molar-refractivity contribution < 1.29 is 33.4 Å². The largest absolute Gasteiger partial charge is 0.464 e. The predicted molar refractivity (Wildman–Crippen MR) is 259 cm³/mol. The highest BCUT2D eigenvalue weighted by Gasteiger charge is 2.53. The number of rotatable bonds is 11. The monoisotopic (exact) mass is 949 g/mol. The van der Waals surface area contributed by atoms with E-state index in [-0.39, 0.29) is 48.9 Å². The van der Waals surface area contributed by atoms with Crippen LogP contribution in [0.25, 0.3) is 33.4 Å². The molecule has 7 heterocycles. The third-order valence-corrected chi connectivity index (χ3v) is 15.6. The van der Waals surface area contributed by atoms with Gasteiger partial charge in [0.1, 0.15) is 24.2 Å². The first-order chi connectivity index (χ1) is 32.6. The molecule has 9 rings (SSSR count). The summed E-state index contributed by atoms with van der Waals surface area (Å²) < 4.78 is 14.3. The summed E-state index contributed by atoms with van der Waals surface area (Å²) >= 11 is 1.42. The Hall–Kier alpha value is -5.23. The van der Waals surface area contributed by atoms with Gasteiger partial charge in [0.05, 0.1) is 40.7 Å². The predicted octanol–water partition coefficient (Wildman–Crippen LogP) is 5.28. The van der Waals surface area contributed by atoms with E-state index >= 15 is 0 Å². The smallest absolute Gasteiger partial charge is 0.324 e. The second kappa shape index (κ2) is 19.3. The molecule has 3 N–H and O–H groups in total. The number of esters is 1. The molecule has 5 aliphatic rings. The number of carbonyl (C=O) groups excluding carboxylic acids is 5. The second-order valence-electron chi connectivity index (χ2n) is 20.7. The minimum absolute atomic E-state index is 0.0564. The number of hydrazine groups is 1. The standard InChI is InChI=1S/C51H67N9O7S/c1-9-59-39-17-16-31-22-34(39)35(45(59)33-12-10-19-52-41(33)29(4)66-8)24-51(5,6)27-67-50(65)36-13-11-20-60(56-36)48(63)37(23-40-53-38(31)26-68-40)54-46(61)44(28(2)3)57(7)47(62)32-18-21-58(25-32)49(64)43-42(55-43)30-14-15-30/h10,12,16-17,19,22,26,28-30,32,36-37,42-44,55-56H,9,11,13-15,18,20-21,23-25,27H2,1-8H3,(H,54,61)/t29-,32?,36-,37-,42+,43+,44-/m0/s1. The van der Waals surface area contributed by atoms with Crippen LogP contribution in [0.3, 0.4) is 0 Å². The van der Waals surface area contributed by atoms with Gasteiger partial charge in [-0.3, -0.25) is 39.3 Å². The number of methoxy groups -OCH3 is 1. The van der Waals surface area contributed by atoms with E-state index in [1.807, 2.05) is 32.2 Å². The third-order valence-electron chi connectivity index (χ3n) is 14.7. The van der Waals surface area contributed by atoms with E-state index < -0.39 is 47.2 Å². The van der Waals surface area contributed by atoms with Crippen molar-refractivity contribution in [2.75, 3.05) is 40.4 Å². The zero-order chi connectivity index (χ0) is 48.2. The number of amides is 4. The minimum atomic E-state index is -1.07. The van der Waals surface area contributed by atoms with Gasteiger partial charge in [0.25, 0.3) is 5.91 Å². The molecule has 1 aliphatic carbocycles. The number of nitrogens with zero attached hydrogens (tertiary/aromatic N) is 6. The number of thiazole rings is 1. The average Bonchev–Trinajstić information content (AvgIpc) is 4.21. The topological polar surface area (TPSA) is 190 Å². The molecule has 68 heavy (non-hydrogen) atoms. The summed E-state index contributed by atoms with van der Waals surface area (Å²) in [7, 11) is 3.33. The molecular formula is C51H67N9O7S. The lowest BCUT2D eigenvalue weighted by atomic mass is 9.84. The highest BCUT2D eigenvalue weighted by Crippen LogP contribution is 2.43. The number of aromatic nitrogens is 3. The molecular weight excluding hydrogens is 883 g/mol. The van der Waals surface area contributed by atoms with Gasteiger partial charge in [-0.05, 0) is 94.0 Å². The summed E-state index contributed by atoms with van der Waals surface area (Å²) in [5.41, 5.74) is 9.31. The number of nitrogens with one attached hydrogen (secondary N) is 3. The molecule has 0 radical (unpaired) electrons. The van der Waals surface area contributed by atoms with Gasteiger partial charge < -0.3 is 29.2 Å². The van der Waals surface area contributed by atoms with Crippen molar-refractivity contribution in [3.05, 3.63) is 58.2 Å². The van der Waals surface area contributed by atoms with Gasteiger partial charge in [0.15, 0.2) is 0 Å². The summed E-state index contributed by atoms with van der Waals surface area (Å²) in [6.45, 7) is 14.1. The Balaban J connectivity index is 1.02. The van der Waals surface area contributed by atoms with E-state index in [9.17, 15) is 24.0 Å². The van der Waals surface area contributed by atoms with E-state index in [4.69, 9.17) is 19.4 Å². The van der Waals surface area contributed by atoms with Crippen molar-refractivity contribution >= 4 is 51.8 Å². The van der Waals surface area contributed by atoms with Crippen molar-refractivity contribution in [3.63, 3.8) is 0 Å². The molecule has 4 fully saturated rings. The van der Waals surface area contributed by atoms with Gasteiger partial charge in [-0.2, -0.15) is 0 Å². The van der Waals surface area contributed by atoms with Crippen molar-refractivity contribution in [1.82, 2.24) is 45.4 Å². The number of hydrogen-bond donors (Lipinski definition) is 3. The van der Waals surface area contributed by atoms with Crippen molar-refractivity contribution in [2.24, 2.45) is 23.2 Å². The molecule has 4 aromatic rings. The molecule has 1 aromatic carbocycles. The van der Waals surface area contributed by atoms with Crippen LogP contribution in [0.1, 0.15) is 96.0 Å². The summed E-state index contributed by atoms with van der Waals surface area (Å²) in [6.07, 6.45) is 6.06. The van der Waals surface area contributed by atoms with E-state index in [2.05, 4.69) is 65.7 Å². The molecule has 7 atom stereocenters. The summed E-state index contributed by atoms with van der Waals surface area (Å²) in [4.78, 5) is 83.8. The quantitative estimate of drug-likeness (QED) is 0.131. The van der Waals surface area contributed by atoms with Crippen LogP contribution in [0.2, 0.25) is 0 Å². The maximum absolute atomic E-state index is 14.7. The number of pyridine rings is 1. The van der Waals surface area contributed by atoms with Gasteiger partial charge in [-0.15, -0.1) is 11.3 Å². The molecule has 1 saturated carbocycles. The first-order valence-corrected chi connectivity index (χ1v) is 25.4. The Kier molecular flexibility index (Phi) is 13.6. The number of hydrogen-bond acceptors (Lipinski definition) is 12. The first-order valence-electron chi connectivity index (χ1n) is 24.5. The number of carbonyl (C=O) groups is 5. The number of aryl methyl sites for hydroxylation is 1. The average molecular weight is 950 g/mol. The van der Waals surface area contributed by atoms with Crippen molar-refractivity contribution in [2.45, 2.75) is 129 Å². The number of likely N-dealkylation sites (N-methyl/N-ethyl adjacent to an activating group) is 1. The van der Waals surface area contributed by atoms with E-state index in [1.165, 1.54) is 21.2 Å². The van der Waals surface area contributed by atoms with Crippen LogP contribution >= 0.6 is 11.3 Å². The molecule has 3 saturated heterocycles. The number of fused-ring (bicyclic) bond motifs is 6. The summed E-state index contributed by atoms with van der Waals surface area (Å²) in [5.74, 6) is -1.62. The van der Waals surface area contributed by atoms with Crippen LogP contribution in [0.5, 0.6) is 0 Å². The fourth-order valence-corrected chi connectivity index (χ4v) is 11.6. The van der Waals surface area contributed by atoms with Crippen molar-refractivity contribution in [3.8, 4) is 22.5 Å². The van der Waals surface area contributed by atoms with Crippen LogP contribution in [0.4, 0.5) is 0 Å². The Morgan fingerprint density at radius 1 is 1.09 bits per heavy atom. The number of ether oxygens (including phenoxy) is 2. The maximum atomic E-state index is 14.7. The van der Waals surface area contributed by atoms with E-state index in [1.54, 1.807) is 25.3 Å². The Labute approximate surface area is 402 Å². The van der Waals surface area contributed by atoms with Gasteiger partial charge in [0, 0.05) is 91.8 Å². The fourth-order valence-electron chi connectivity index (χ4n) is 10.8. The molecule has 17 heteroatoms. The Morgan fingerprint density at radius 3 is 2.62 bits per heavy atom. The van der Waals surface area contributed by atoms with Crippen LogP contribution in [0, 0.1) is 23.2 Å². The maximum Gasteiger partial charge on any atom is 0.324 e. The number of benzene rings is 1. The summed E-state index contributed by atoms with van der Waals surface area (Å²) in [6, 6.07) is 7.78. The Morgan fingerprint density at radius 2 is 1.88 bits per heavy atom. The van der Waals surface area contributed by atoms with Crippen molar-refractivity contribution in [1.29, 1.82) is 0 Å². The van der Waals surface area contributed by atoms with Crippen LogP contribution in [-0.4, -0.2) is 130 Å². The first kappa shape index (κ1) is 47.8. The van der Waals surface area contributed by atoms with Crippen LogP contribution < -0.4 is 16.1 Å². The number of cyclic esters (lactones) is 1. The highest BCUT2D eigenvalue weighted by atomic mass is 32.1. The molecule has 0 spiro atoms. The lowest BCUT2D eigenvalue weighted by molar-refractivity contribution is -0.155. The van der Waals surface area contributed by atoms with Crippen LogP contribution in [0.15, 0.2) is 41.9 Å². The minimum Gasteiger partial charge on any atom is -0.464 e. The molecule has 4 aliphatic heterocycles. The third kappa shape index (κ3) is 9.55. The SMILES string of the molecule is CCn1c(-c2cccnc2[C@H](C)OC)c2c3cc(ccc31)-c1csc(n1)C[C@H](NC(=O)[C@H](C(C)C)N(C)C(=O)C1CCN(C(=O)[C@@H]3N[C@@H]3C3CC3)C1)C(=O)N1CCC[C@H](N1)C(=O)OCC(C)(C)C2. The molecule has 6 bridgehead atoms. The van der Waals surface area contributed by atoms with E-state index in [0.29, 0.717) is 62.8 Å². The zero-order valence-electron chi connectivity index (χ0n) is 40.7. The fraction of sp³-hybridized carbons (Fsp3) is 0.588. The summed E-state index contributed by atoms with van der Waals surface area (Å²) in [5, 5.41) is 11.5. The molecule has 3 aromatic heterocycles. The lowest BCUT2D eigenvalue weighted by Gasteiger charge is -2.36. The molecule has 364 valence electrons. The number of likely N-dealkylation sites (tertiary alicyclic amines) is 1. The molecule has 16 nitrogen and oxygen atoms in total.